The van der Waals surface area contributed by atoms with Crippen LogP contribution in [0.2, 0.25) is 0 Å². The molecule has 128 valence electrons. The van der Waals surface area contributed by atoms with Gasteiger partial charge in [-0.2, -0.15) is 8.42 Å². The van der Waals surface area contributed by atoms with Gasteiger partial charge in [-0.25, -0.2) is 4.18 Å². The second-order valence-electron chi connectivity index (χ2n) is 5.17. The van der Waals surface area contributed by atoms with Crippen LogP contribution >= 0.6 is 0 Å². The van der Waals surface area contributed by atoms with Gasteiger partial charge in [0.2, 0.25) is 0 Å². The molecule has 0 aliphatic carbocycles. The van der Waals surface area contributed by atoms with Crippen LogP contribution in [0.5, 0.6) is 5.75 Å². The molecule has 0 spiro atoms. The van der Waals surface area contributed by atoms with Crippen molar-refractivity contribution >= 4 is 28.2 Å². The van der Waals surface area contributed by atoms with Crippen LogP contribution in [0.3, 0.4) is 0 Å². The van der Waals surface area contributed by atoms with E-state index in [1.807, 2.05) is 12.2 Å². The first-order valence-corrected chi connectivity index (χ1v) is 8.86. The zero-order valence-corrected chi connectivity index (χ0v) is 14.8. The van der Waals surface area contributed by atoms with Gasteiger partial charge in [-0.3, -0.25) is 0 Å². The van der Waals surface area contributed by atoms with E-state index >= 15 is 0 Å². The van der Waals surface area contributed by atoms with Crippen LogP contribution in [-0.2, 0) is 14.6 Å². The van der Waals surface area contributed by atoms with Crippen LogP contribution in [-0.4, -0.2) is 29.1 Å². The zero-order valence-electron chi connectivity index (χ0n) is 14.0. The molecule has 0 aliphatic rings. The maximum Gasteiger partial charge on any atom is 0.448 e. The number of nitrogens with zero attached hydrogens (tertiary/aromatic N) is 1. The maximum atomic E-state index is 11.2. The molecule has 24 heavy (non-hydrogen) atoms. The van der Waals surface area contributed by atoms with Crippen molar-refractivity contribution in [3.05, 3.63) is 59.7 Å². The summed E-state index contributed by atoms with van der Waals surface area (Å²) in [4.78, 5) is 2.17. The largest absolute Gasteiger partial charge is 0.448 e. The Kier molecular flexibility index (Phi) is 6.00. The minimum atomic E-state index is -3.98. The van der Waals surface area contributed by atoms with Crippen LogP contribution in [0, 0.1) is 0 Å². The third-order valence-electron chi connectivity index (χ3n) is 3.56. The molecule has 0 fully saturated rings. The van der Waals surface area contributed by atoms with Crippen LogP contribution in [0.15, 0.2) is 48.5 Å². The third-order valence-corrected chi connectivity index (χ3v) is 4.36. The van der Waals surface area contributed by atoms with Crippen molar-refractivity contribution in [1.29, 1.82) is 0 Å². The van der Waals surface area contributed by atoms with Gasteiger partial charge in [-0.05, 0) is 42.3 Å². The highest BCUT2D eigenvalue weighted by Crippen LogP contribution is 2.18. The van der Waals surface area contributed by atoms with Crippen molar-refractivity contribution in [1.82, 2.24) is 0 Å². The van der Waals surface area contributed by atoms with Gasteiger partial charge in [0.25, 0.3) is 0 Å². The first-order valence-electron chi connectivity index (χ1n) is 7.53. The normalized spacial score (nSPS) is 11.6. The molecule has 2 aromatic carbocycles. The Balaban J connectivity index is 2.04. The van der Waals surface area contributed by atoms with Crippen LogP contribution < -0.4 is 9.08 Å². The van der Waals surface area contributed by atoms with E-state index in [-0.39, 0.29) is 5.75 Å². The van der Waals surface area contributed by atoms with Gasteiger partial charge < -0.3 is 9.08 Å². The highest BCUT2D eigenvalue weighted by molar-refractivity contribution is 7.82. The lowest BCUT2D eigenvalue weighted by Gasteiger charge is -2.16. The Bertz CT molecular complexity index is 781. The van der Waals surface area contributed by atoms with Crippen LogP contribution in [0.4, 0.5) is 5.69 Å². The van der Waals surface area contributed by atoms with E-state index in [0.717, 1.165) is 24.8 Å². The Morgan fingerprint density at radius 2 is 1.46 bits per heavy atom. The topological polar surface area (TPSA) is 55.8 Å². The predicted molar refractivity (Wildman–Crippen MR) is 97.3 cm³/mol. The molecule has 0 aliphatic heterocycles. The SMILES string of the molecule is CCN(C)c1ccc(C=Cc2ccc(OS(=O)(=O)OC)cc2)cc1. The summed E-state index contributed by atoms with van der Waals surface area (Å²) in [6.45, 7) is 3.07. The Morgan fingerprint density at radius 3 is 1.92 bits per heavy atom. The lowest BCUT2D eigenvalue weighted by atomic mass is 10.1. The standard InChI is InChI=1S/C18H21NO4S/c1-4-19(2)17-11-7-15(8-12-17)5-6-16-9-13-18(14-10-16)23-24(20,21)22-3/h5-14H,4H2,1-3H3. The van der Waals surface area contributed by atoms with Crippen LogP contribution in [0.1, 0.15) is 18.1 Å². The van der Waals surface area contributed by atoms with E-state index in [4.69, 9.17) is 4.18 Å². The molecular weight excluding hydrogens is 326 g/mol. The zero-order chi connectivity index (χ0) is 17.6. The number of hydrogen-bond donors (Lipinski definition) is 0. The number of anilines is 1. The molecule has 2 rings (SSSR count). The summed E-state index contributed by atoms with van der Waals surface area (Å²) in [6, 6.07) is 15.0. The van der Waals surface area contributed by atoms with Gasteiger partial charge in [-0.15, -0.1) is 0 Å². The van der Waals surface area contributed by atoms with Gasteiger partial charge in [-0.1, -0.05) is 36.4 Å². The van der Waals surface area contributed by atoms with Crippen molar-refractivity contribution in [3.63, 3.8) is 0 Å². The highest BCUT2D eigenvalue weighted by atomic mass is 32.3. The molecule has 0 radical (unpaired) electrons. The summed E-state index contributed by atoms with van der Waals surface area (Å²) in [6.07, 6.45) is 3.95. The quantitative estimate of drug-likeness (QED) is 0.717. The Labute approximate surface area is 143 Å². The Morgan fingerprint density at radius 1 is 0.958 bits per heavy atom. The number of hydrogen-bond acceptors (Lipinski definition) is 5. The second-order valence-corrected chi connectivity index (χ2v) is 6.48. The van der Waals surface area contributed by atoms with Crippen molar-refractivity contribution in [3.8, 4) is 5.75 Å². The van der Waals surface area contributed by atoms with Crippen LogP contribution in [0.25, 0.3) is 12.2 Å². The average molecular weight is 347 g/mol. The van der Waals surface area contributed by atoms with Gasteiger partial charge in [0.15, 0.2) is 0 Å². The van der Waals surface area contributed by atoms with Gasteiger partial charge >= 0.3 is 10.4 Å². The van der Waals surface area contributed by atoms with Crippen molar-refractivity contribution < 1.29 is 16.8 Å². The summed E-state index contributed by atoms with van der Waals surface area (Å²) < 4.78 is 31.4. The van der Waals surface area contributed by atoms with Crippen molar-refractivity contribution in [2.24, 2.45) is 0 Å². The van der Waals surface area contributed by atoms with E-state index in [2.05, 4.69) is 47.3 Å². The molecule has 5 nitrogen and oxygen atoms in total. The third kappa shape index (κ3) is 5.11. The van der Waals surface area contributed by atoms with Gasteiger partial charge in [0.05, 0.1) is 7.11 Å². The molecule has 0 atom stereocenters. The monoisotopic (exact) mass is 347 g/mol. The summed E-state index contributed by atoms with van der Waals surface area (Å²) in [7, 11) is -0.871. The fourth-order valence-corrected chi connectivity index (χ4v) is 2.42. The lowest BCUT2D eigenvalue weighted by Crippen LogP contribution is -2.15. The molecular formula is C18H21NO4S. The molecule has 2 aromatic rings. The first-order chi connectivity index (χ1) is 11.4. The van der Waals surface area contributed by atoms with Gasteiger partial charge in [0, 0.05) is 19.3 Å². The molecule has 0 unspecified atom stereocenters. The molecule has 0 saturated carbocycles. The maximum absolute atomic E-state index is 11.2. The average Bonchev–Trinajstić information content (AvgIpc) is 2.60. The molecule has 0 heterocycles. The summed E-state index contributed by atoms with van der Waals surface area (Å²) >= 11 is 0. The van der Waals surface area contributed by atoms with Crippen molar-refractivity contribution in [2.75, 3.05) is 25.6 Å². The summed E-state index contributed by atoms with van der Waals surface area (Å²) in [5.41, 5.74) is 3.20. The molecule has 0 N–H and O–H groups in total. The molecule has 0 amide bonds. The number of rotatable bonds is 7. The van der Waals surface area contributed by atoms with E-state index < -0.39 is 10.4 Å². The molecule has 6 heteroatoms. The van der Waals surface area contributed by atoms with Crippen molar-refractivity contribution in [2.45, 2.75) is 6.92 Å². The summed E-state index contributed by atoms with van der Waals surface area (Å²) in [5, 5.41) is 0. The minimum absolute atomic E-state index is 0.209. The Hall–Kier alpha value is -2.31. The lowest BCUT2D eigenvalue weighted by molar-refractivity contribution is 0.330. The molecule has 0 bridgehead atoms. The van der Waals surface area contributed by atoms with E-state index in [9.17, 15) is 8.42 Å². The fraction of sp³-hybridized carbons (Fsp3) is 0.222. The predicted octanol–water partition coefficient (Wildman–Crippen LogP) is 3.58. The molecule has 0 saturated heterocycles. The van der Waals surface area contributed by atoms with E-state index in [1.54, 1.807) is 24.3 Å². The smallest absolute Gasteiger partial charge is 0.375 e. The fourth-order valence-electron chi connectivity index (χ4n) is 2.00. The number of benzene rings is 2. The van der Waals surface area contributed by atoms with E-state index in [0.29, 0.717) is 0 Å². The second kappa shape index (κ2) is 7.99. The first kappa shape index (κ1) is 18.0. The molecule has 0 aromatic heterocycles. The summed E-state index contributed by atoms with van der Waals surface area (Å²) in [5.74, 6) is 0.209. The van der Waals surface area contributed by atoms with E-state index in [1.165, 1.54) is 5.69 Å². The van der Waals surface area contributed by atoms with Gasteiger partial charge in [0.1, 0.15) is 5.75 Å². The highest BCUT2D eigenvalue weighted by Gasteiger charge is 2.10. The minimum Gasteiger partial charge on any atom is -0.375 e.